The lowest BCUT2D eigenvalue weighted by atomic mass is 9.67. The Morgan fingerprint density at radius 1 is 1.17 bits per heavy atom. The van der Waals surface area contributed by atoms with Gasteiger partial charge in [0, 0.05) is 19.0 Å². The molecular formula is C23H30N4O2. The summed E-state index contributed by atoms with van der Waals surface area (Å²) < 4.78 is 5.26. The van der Waals surface area contributed by atoms with E-state index in [1.54, 1.807) is 0 Å². The van der Waals surface area contributed by atoms with Gasteiger partial charge in [0.25, 0.3) is 0 Å². The van der Waals surface area contributed by atoms with Crippen molar-refractivity contribution in [2.75, 3.05) is 19.6 Å². The van der Waals surface area contributed by atoms with Crippen molar-refractivity contribution in [1.29, 1.82) is 0 Å². The molecule has 0 N–H and O–H groups in total. The lowest BCUT2D eigenvalue weighted by Gasteiger charge is -2.50. The van der Waals surface area contributed by atoms with E-state index in [-0.39, 0.29) is 11.3 Å². The number of hydrogen-bond acceptors (Lipinski definition) is 5. The molecule has 29 heavy (non-hydrogen) atoms. The molecule has 6 nitrogen and oxygen atoms in total. The Morgan fingerprint density at radius 2 is 1.93 bits per heavy atom. The van der Waals surface area contributed by atoms with Gasteiger partial charge in [-0.2, -0.15) is 4.98 Å². The summed E-state index contributed by atoms with van der Waals surface area (Å²) in [7, 11) is 0. The highest BCUT2D eigenvalue weighted by Gasteiger charge is 2.49. The van der Waals surface area contributed by atoms with Crippen LogP contribution in [0.15, 0.2) is 34.9 Å². The number of carbonyl (C=O) groups excluding carboxylic acids is 1. The second kappa shape index (κ2) is 7.56. The molecule has 3 aliphatic rings. The van der Waals surface area contributed by atoms with Crippen molar-refractivity contribution in [1.82, 2.24) is 19.9 Å². The van der Waals surface area contributed by atoms with E-state index in [4.69, 9.17) is 4.52 Å². The molecule has 6 heteroatoms. The van der Waals surface area contributed by atoms with Gasteiger partial charge in [-0.1, -0.05) is 42.4 Å². The minimum Gasteiger partial charge on any atom is -0.339 e. The summed E-state index contributed by atoms with van der Waals surface area (Å²) in [5, 5.41) is 4.11. The van der Waals surface area contributed by atoms with Crippen molar-refractivity contribution in [2.24, 2.45) is 5.41 Å². The minimum atomic E-state index is 0.0152. The van der Waals surface area contributed by atoms with E-state index < -0.39 is 0 Å². The van der Waals surface area contributed by atoms with Crippen LogP contribution in [0.2, 0.25) is 0 Å². The Labute approximate surface area is 172 Å². The van der Waals surface area contributed by atoms with Gasteiger partial charge in [-0.25, -0.2) is 0 Å². The number of aryl methyl sites for hydroxylation is 1. The standard InChI is InChI=1S/C23H30N4O2/c1-2-21-24-20(25-29-21)15-26-12-10-23(11-13-26)14-19(17-6-4-3-5-7-17)22(28)27(16-23)18-8-9-18/h3-7,18-19H,2,8-16H2,1H3/t19-/m1/s1. The molecule has 2 saturated heterocycles. The minimum absolute atomic E-state index is 0.0152. The summed E-state index contributed by atoms with van der Waals surface area (Å²) in [6.07, 6.45) is 6.37. The first kappa shape index (κ1) is 18.8. The van der Waals surface area contributed by atoms with Crippen LogP contribution in [-0.4, -0.2) is 51.5 Å². The number of aromatic nitrogens is 2. The highest BCUT2D eigenvalue weighted by Crippen LogP contribution is 2.48. The van der Waals surface area contributed by atoms with Crippen molar-refractivity contribution in [3.63, 3.8) is 0 Å². The van der Waals surface area contributed by atoms with Crippen LogP contribution in [0, 0.1) is 5.41 Å². The fourth-order valence-electron chi connectivity index (χ4n) is 5.11. The average molecular weight is 395 g/mol. The monoisotopic (exact) mass is 394 g/mol. The van der Waals surface area contributed by atoms with E-state index in [9.17, 15) is 4.79 Å². The van der Waals surface area contributed by atoms with E-state index in [0.29, 0.717) is 17.8 Å². The summed E-state index contributed by atoms with van der Waals surface area (Å²) in [6, 6.07) is 10.9. The molecule has 3 heterocycles. The largest absolute Gasteiger partial charge is 0.339 e. The number of carbonyl (C=O) groups is 1. The average Bonchev–Trinajstić information content (AvgIpc) is 3.51. The van der Waals surface area contributed by atoms with Gasteiger partial charge in [0.2, 0.25) is 11.8 Å². The third-order valence-corrected chi connectivity index (χ3v) is 7.01. The van der Waals surface area contributed by atoms with Crippen molar-refractivity contribution < 1.29 is 9.32 Å². The summed E-state index contributed by atoms with van der Waals surface area (Å²) in [5.41, 5.74) is 1.42. The zero-order chi connectivity index (χ0) is 19.8. The number of hydrogen-bond donors (Lipinski definition) is 0. The van der Waals surface area contributed by atoms with E-state index in [0.717, 1.165) is 57.7 Å². The molecule has 1 aromatic heterocycles. The number of likely N-dealkylation sites (tertiary alicyclic amines) is 2. The Hall–Kier alpha value is -2.21. The van der Waals surface area contributed by atoms with E-state index >= 15 is 0 Å². The number of amides is 1. The van der Waals surface area contributed by atoms with Crippen LogP contribution >= 0.6 is 0 Å². The van der Waals surface area contributed by atoms with Gasteiger partial charge in [0.1, 0.15) is 0 Å². The summed E-state index contributed by atoms with van der Waals surface area (Å²) in [5.74, 6) is 1.87. The molecule has 1 saturated carbocycles. The molecule has 1 aliphatic carbocycles. The van der Waals surface area contributed by atoms with Crippen molar-refractivity contribution >= 4 is 5.91 Å². The second-order valence-electron chi connectivity index (χ2n) is 9.10. The molecule has 1 atom stereocenters. The van der Waals surface area contributed by atoms with Crippen LogP contribution in [0.5, 0.6) is 0 Å². The Balaban J connectivity index is 1.30. The molecule has 1 aromatic carbocycles. The highest BCUT2D eigenvalue weighted by atomic mass is 16.5. The summed E-state index contributed by atoms with van der Waals surface area (Å²) >= 11 is 0. The third-order valence-electron chi connectivity index (χ3n) is 7.01. The SMILES string of the molecule is CCc1nc(CN2CCC3(CC2)C[C@H](c2ccccc2)C(=O)N(C2CC2)C3)no1. The van der Waals surface area contributed by atoms with E-state index in [1.165, 1.54) is 18.4 Å². The molecule has 154 valence electrons. The van der Waals surface area contributed by atoms with Crippen LogP contribution < -0.4 is 0 Å². The van der Waals surface area contributed by atoms with Gasteiger partial charge < -0.3 is 9.42 Å². The molecule has 2 aliphatic heterocycles. The van der Waals surface area contributed by atoms with Gasteiger partial charge in [0.15, 0.2) is 5.82 Å². The summed E-state index contributed by atoms with van der Waals surface area (Å²) in [6.45, 7) is 5.79. The third kappa shape index (κ3) is 3.82. The predicted octanol–water partition coefficient (Wildman–Crippen LogP) is 3.39. The molecule has 0 bridgehead atoms. The van der Waals surface area contributed by atoms with Crippen LogP contribution in [0.3, 0.4) is 0 Å². The number of nitrogens with zero attached hydrogens (tertiary/aromatic N) is 4. The summed E-state index contributed by atoms with van der Waals surface area (Å²) in [4.78, 5) is 22.4. The Bertz CT molecular complexity index is 853. The van der Waals surface area contributed by atoms with Gasteiger partial charge in [-0.3, -0.25) is 9.69 Å². The maximum atomic E-state index is 13.3. The van der Waals surface area contributed by atoms with Gasteiger partial charge in [0.05, 0.1) is 12.5 Å². The topological polar surface area (TPSA) is 62.5 Å². The zero-order valence-electron chi connectivity index (χ0n) is 17.2. The molecule has 0 unspecified atom stereocenters. The maximum Gasteiger partial charge on any atom is 0.230 e. The van der Waals surface area contributed by atoms with Crippen LogP contribution in [-0.2, 0) is 17.8 Å². The first-order chi connectivity index (χ1) is 14.2. The lowest BCUT2D eigenvalue weighted by Crippen LogP contribution is -2.54. The predicted molar refractivity (Wildman–Crippen MR) is 109 cm³/mol. The fourth-order valence-corrected chi connectivity index (χ4v) is 5.11. The second-order valence-corrected chi connectivity index (χ2v) is 9.10. The quantitative estimate of drug-likeness (QED) is 0.778. The molecule has 5 rings (SSSR count). The van der Waals surface area contributed by atoms with E-state index in [1.807, 2.05) is 13.0 Å². The first-order valence-corrected chi connectivity index (χ1v) is 11.0. The molecule has 0 radical (unpaired) electrons. The smallest absolute Gasteiger partial charge is 0.230 e. The number of benzene rings is 1. The number of rotatable bonds is 5. The molecular weight excluding hydrogens is 364 g/mol. The van der Waals surface area contributed by atoms with Crippen LogP contribution in [0.25, 0.3) is 0 Å². The molecule has 2 aromatic rings. The van der Waals surface area contributed by atoms with Gasteiger partial charge in [-0.05, 0) is 56.2 Å². The molecule has 3 fully saturated rings. The maximum absolute atomic E-state index is 13.3. The normalized spacial score (nSPS) is 24.9. The van der Waals surface area contributed by atoms with Crippen molar-refractivity contribution in [3.05, 3.63) is 47.6 Å². The Kier molecular flexibility index (Phi) is 4.90. The first-order valence-electron chi connectivity index (χ1n) is 11.0. The van der Waals surface area contributed by atoms with Crippen LogP contribution in [0.4, 0.5) is 0 Å². The van der Waals surface area contributed by atoms with E-state index in [2.05, 4.69) is 44.2 Å². The zero-order valence-corrected chi connectivity index (χ0v) is 17.2. The van der Waals surface area contributed by atoms with Crippen molar-refractivity contribution in [2.45, 2.75) is 64.0 Å². The van der Waals surface area contributed by atoms with Gasteiger partial charge in [-0.15, -0.1) is 0 Å². The lowest BCUT2D eigenvalue weighted by molar-refractivity contribution is -0.142. The van der Waals surface area contributed by atoms with Crippen LogP contribution in [0.1, 0.15) is 62.2 Å². The van der Waals surface area contributed by atoms with Gasteiger partial charge >= 0.3 is 0 Å². The fraction of sp³-hybridized carbons (Fsp3) is 0.609. The van der Waals surface area contributed by atoms with Crippen molar-refractivity contribution in [3.8, 4) is 0 Å². The Morgan fingerprint density at radius 3 is 2.59 bits per heavy atom. The molecule has 1 amide bonds. The molecule has 1 spiro atoms. The number of piperidine rings is 2. The highest BCUT2D eigenvalue weighted by molar-refractivity contribution is 5.85.